The molecule has 1 aromatic heterocycles. The average molecular weight is 220 g/mol. The average Bonchev–Trinajstić information content (AvgIpc) is 2.67. The van der Waals surface area contributed by atoms with E-state index in [0.29, 0.717) is 12.1 Å². The summed E-state index contributed by atoms with van der Waals surface area (Å²) in [5.74, 6) is 1.04. The van der Waals surface area contributed by atoms with Gasteiger partial charge in [-0.25, -0.2) is 4.98 Å². The molecule has 0 radical (unpaired) electrons. The number of hydrogen-bond donors (Lipinski definition) is 1. The largest absolute Gasteiger partial charge is 0.339 e. The fourth-order valence-electron chi connectivity index (χ4n) is 2.35. The van der Waals surface area contributed by atoms with Gasteiger partial charge in [0.05, 0.1) is 0 Å². The minimum absolute atomic E-state index is 0.342. The molecule has 88 valence electrons. The van der Waals surface area contributed by atoms with E-state index < -0.39 is 0 Å². The van der Waals surface area contributed by atoms with Crippen LogP contribution in [-0.2, 0) is 6.54 Å². The Kier molecular flexibility index (Phi) is 3.29. The molecule has 2 N–H and O–H groups in total. The number of nitrogens with zero attached hydrogens (tertiary/aromatic N) is 3. The Balaban J connectivity index is 2.16. The molecule has 0 aromatic carbocycles. The van der Waals surface area contributed by atoms with Gasteiger partial charge in [0.15, 0.2) is 0 Å². The van der Waals surface area contributed by atoms with Crippen LogP contribution in [0.3, 0.4) is 0 Å². The molecule has 0 saturated carbocycles. The maximum atomic E-state index is 5.97. The topological polar surface area (TPSA) is 47.1 Å². The number of aromatic nitrogens is 2. The zero-order valence-electron chi connectivity index (χ0n) is 9.84. The molecule has 1 saturated heterocycles. The predicted molar refractivity (Wildman–Crippen MR) is 66.4 cm³/mol. The number of piperidine rings is 1. The molecule has 0 aliphatic carbocycles. The van der Waals surface area contributed by atoms with Gasteiger partial charge in [-0.15, -0.1) is 6.58 Å². The molecule has 1 aliphatic rings. The third-order valence-corrected chi connectivity index (χ3v) is 3.19. The lowest BCUT2D eigenvalue weighted by molar-refractivity contribution is 0.421. The standard InChI is InChI=1S/C12H20N4/c1-3-6-15-8-5-14-12(15)16-7-4-11(13)9-10(16)2/h3,5,8,10-11H,1,4,6-7,9,13H2,2H3. The van der Waals surface area contributed by atoms with E-state index in [1.165, 1.54) is 0 Å². The highest BCUT2D eigenvalue weighted by Crippen LogP contribution is 2.22. The Morgan fingerprint density at radius 2 is 2.50 bits per heavy atom. The van der Waals surface area contributed by atoms with Crippen molar-refractivity contribution in [1.29, 1.82) is 0 Å². The molecule has 2 atom stereocenters. The lowest BCUT2D eigenvalue weighted by Gasteiger charge is -2.37. The number of imidazole rings is 1. The van der Waals surface area contributed by atoms with Crippen LogP contribution in [0.5, 0.6) is 0 Å². The number of anilines is 1. The molecule has 1 fully saturated rings. The maximum absolute atomic E-state index is 5.97. The quantitative estimate of drug-likeness (QED) is 0.783. The highest BCUT2D eigenvalue weighted by Gasteiger charge is 2.25. The van der Waals surface area contributed by atoms with Crippen LogP contribution < -0.4 is 10.6 Å². The number of allylic oxidation sites excluding steroid dienone is 1. The molecule has 2 heterocycles. The van der Waals surface area contributed by atoms with Crippen molar-refractivity contribution in [1.82, 2.24) is 9.55 Å². The predicted octanol–water partition coefficient (Wildman–Crippen LogP) is 1.39. The van der Waals surface area contributed by atoms with E-state index in [2.05, 4.69) is 28.0 Å². The fraction of sp³-hybridized carbons (Fsp3) is 0.583. The molecule has 2 rings (SSSR count). The lowest BCUT2D eigenvalue weighted by Crippen LogP contribution is -2.46. The van der Waals surface area contributed by atoms with Gasteiger partial charge in [0.2, 0.25) is 5.95 Å². The molecular formula is C12H20N4. The Morgan fingerprint density at radius 1 is 1.69 bits per heavy atom. The Morgan fingerprint density at radius 3 is 3.19 bits per heavy atom. The molecular weight excluding hydrogens is 200 g/mol. The van der Waals surface area contributed by atoms with Crippen LogP contribution in [0.1, 0.15) is 19.8 Å². The molecule has 4 nitrogen and oxygen atoms in total. The van der Waals surface area contributed by atoms with Crippen LogP contribution in [0.2, 0.25) is 0 Å². The van der Waals surface area contributed by atoms with Gasteiger partial charge < -0.3 is 15.2 Å². The van der Waals surface area contributed by atoms with E-state index in [-0.39, 0.29) is 0 Å². The van der Waals surface area contributed by atoms with Gasteiger partial charge in [-0.2, -0.15) is 0 Å². The van der Waals surface area contributed by atoms with Gasteiger partial charge >= 0.3 is 0 Å². The maximum Gasteiger partial charge on any atom is 0.205 e. The molecule has 1 aromatic rings. The monoisotopic (exact) mass is 220 g/mol. The summed E-state index contributed by atoms with van der Waals surface area (Å²) in [4.78, 5) is 6.77. The molecule has 16 heavy (non-hydrogen) atoms. The second-order valence-electron chi connectivity index (χ2n) is 4.50. The van der Waals surface area contributed by atoms with Gasteiger partial charge in [-0.3, -0.25) is 0 Å². The van der Waals surface area contributed by atoms with E-state index in [0.717, 1.165) is 31.9 Å². The van der Waals surface area contributed by atoms with Crippen LogP contribution in [0, 0.1) is 0 Å². The number of nitrogens with two attached hydrogens (primary N) is 1. The zero-order valence-corrected chi connectivity index (χ0v) is 9.84. The van der Waals surface area contributed by atoms with Crippen molar-refractivity contribution in [3.8, 4) is 0 Å². The van der Waals surface area contributed by atoms with E-state index >= 15 is 0 Å². The number of hydrogen-bond acceptors (Lipinski definition) is 3. The van der Waals surface area contributed by atoms with Crippen molar-refractivity contribution in [2.75, 3.05) is 11.4 Å². The summed E-state index contributed by atoms with van der Waals surface area (Å²) in [6.07, 6.45) is 7.83. The molecule has 1 aliphatic heterocycles. The Bertz CT molecular complexity index is 358. The smallest absolute Gasteiger partial charge is 0.205 e. The van der Waals surface area contributed by atoms with Crippen LogP contribution in [0.15, 0.2) is 25.0 Å². The van der Waals surface area contributed by atoms with Crippen molar-refractivity contribution in [2.24, 2.45) is 5.73 Å². The van der Waals surface area contributed by atoms with Gasteiger partial charge in [0, 0.05) is 37.6 Å². The fourth-order valence-corrected chi connectivity index (χ4v) is 2.35. The molecule has 4 heteroatoms. The van der Waals surface area contributed by atoms with Crippen molar-refractivity contribution in [3.63, 3.8) is 0 Å². The first-order chi connectivity index (χ1) is 7.72. The van der Waals surface area contributed by atoms with E-state index in [4.69, 9.17) is 5.73 Å². The Hall–Kier alpha value is -1.29. The minimum Gasteiger partial charge on any atom is -0.339 e. The first-order valence-corrected chi connectivity index (χ1v) is 5.86. The molecule has 0 spiro atoms. The third-order valence-electron chi connectivity index (χ3n) is 3.19. The zero-order chi connectivity index (χ0) is 11.5. The summed E-state index contributed by atoms with van der Waals surface area (Å²) in [6.45, 7) is 7.79. The van der Waals surface area contributed by atoms with Crippen molar-refractivity contribution in [3.05, 3.63) is 25.0 Å². The Labute approximate surface area is 96.8 Å². The minimum atomic E-state index is 0.342. The normalized spacial score (nSPS) is 25.8. The first-order valence-electron chi connectivity index (χ1n) is 5.86. The third kappa shape index (κ3) is 2.11. The van der Waals surface area contributed by atoms with Crippen LogP contribution in [0.4, 0.5) is 5.95 Å². The molecule has 0 amide bonds. The summed E-state index contributed by atoms with van der Waals surface area (Å²) in [6, 6.07) is 0.809. The lowest BCUT2D eigenvalue weighted by atomic mass is 10.00. The summed E-state index contributed by atoms with van der Waals surface area (Å²) < 4.78 is 2.13. The second kappa shape index (κ2) is 4.70. The molecule has 2 unspecified atom stereocenters. The highest BCUT2D eigenvalue weighted by molar-refractivity contribution is 5.34. The van der Waals surface area contributed by atoms with E-state index in [1.54, 1.807) is 0 Å². The van der Waals surface area contributed by atoms with Crippen molar-refractivity contribution >= 4 is 5.95 Å². The van der Waals surface area contributed by atoms with Gasteiger partial charge in [0.25, 0.3) is 0 Å². The summed E-state index contributed by atoms with van der Waals surface area (Å²) >= 11 is 0. The van der Waals surface area contributed by atoms with Crippen LogP contribution in [0.25, 0.3) is 0 Å². The first kappa shape index (κ1) is 11.2. The van der Waals surface area contributed by atoms with Gasteiger partial charge in [-0.05, 0) is 19.8 Å². The molecule has 0 bridgehead atoms. The van der Waals surface area contributed by atoms with Crippen LogP contribution >= 0.6 is 0 Å². The van der Waals surface area contributed by atoms with Crippen LogP contribution in [-0.4, -0.2) is 28.2 Å². The SMILES string of the molecule is C=CCn1ccnc1N1CCC(N)CC1C. The van der Waals surface area contributed by atoms with E-state index in [9.17, 15) is 0 Å². The van der Waals surface area contributed by atoms with E-state index in [1.807, 2.05) is 18.5 Å². The second-order valence-corrected chi connectivity index (χ2v) is 4.50. The van der Waals surface area contributed by atoms with Crippen molar-refractivity contribution < 1.29 is 0 Å². The van der Waals surface area contributed by atoms with Crippen molar-refractivity contribution in [2.45, 2.75) is 38.4 Å². The summed E-state index contributed by atoms with van der Waals surface area (Å²) in [7, 11) is 0. The van der Waals surface area contributed by atoms with Gasteiger partial charge in [-0.1, -0.05) is 6.08 Å². The summed E-state index contributed by atoms with van der Waals surface area (Å²) in [5.41, 5.74) is 5.97. The summed E-state index contributed by atoms with van der Waals surface area (Å²) in [5, 5.41) is 0. The highest BCUT2D eigenvalue weighted by atomic mass is 15.3. The number of rotatable bonds is 3. The van der Waals surface area contributed by atoms with Gasteiger partial charge in [0.1, 0.15) is 0 Å².